The van der Waals surface area contributed by atoms with Crippen LogP contribution in [0.4, 0.5) is 0 Å². The summed E-state index contributed by atoms with van der Waals surface area (Å²) in [4.78, 5) is 14.8. The SMILES string of the molecule is C(=N\CCC/N=C/c1ccc[nH]1)/c1ccc[nH]1. The van der Waals surface area contributed by atoms with Crippen molar-refractivity contribution in [3.63, 3.8) is 0 Å². The van der Waals surface area contributed by atoms with Gasteiger partial charge in [0.15, 0.2) is 0 Å². The number of hydrogen-bond donors (Lipinski definition) is 2. The van der Waals surface area contributed by atoms with Crippen molar-refractivity contribution in [2.45, 2.75) is 6.42 Å². The van der Waals surface area contributed by atoms with E-state index in [0.29, 0.717) is 0 Å². The molecule has 17 heavy (non-hydrogen) atoms. The number of hydrogen-bond acceptors (Lipinski definition) is 2. The molecule has 0 aliphatic rings. The van der Waals surface area contributed by atoms with E-state index in [9.17, 15) is 0 Å². The van der Waals surface area contributed by atoms with Crippen molar-refractivity contribution in [3.8, 4) is 0 Å². The molecule has 0 bridgehead atoms. The van der Waals surface area contributed by atoms with E-state index in [1.165, 1.54) is 0 Å². The van der Waals surface area contributed by atoms with Crippen molar-refractivity contribution in [3.05, 3.63) is 48.0 Å². The lowest BCUT2D eigenvalue weighted by atomic mass is 10.4. The van der Waals surface area contributed by atoms with Gasteiger partial charge in [-0.1, -0.05) is 0 Å². The largest absolute Gasteiger partial charge is 0.360 e. The summed E-state index contributed by atoms with van der Waals surface area (Å²) in [5, 5.41) is 0. The fourth-order valence-electron chi connectivity index (χ4n) is 1.43. The van der Waals surface area contributed by atoms with E-state index in [2.05, 4.69) is 20.0 Å². The van der Waals surface area contributed by atoms with Crippen LogP contribution < -0.4 is 0 Å². The highest BCUT2D eigenvalue weighted by Gasteiger charge is 1.87. The molecule has 0 aromatic carbocycles. The van der Waals surface area contributed by atoms with E-state index in [1.807, 2.05) is 49.1 Å². The number of H-pyrrole nitrogens is 2. The molecule has 0 spiro atoms. The Hall–Kier alpha value is -2.10. The molecule has 0 saturated heterocycles. The molecule has 0 aliphatic heterocycles. The summed E-state index contributed by atoms with van der Waals surface area (Å²) in [5.74, 6) is 0. The molecule has 0 fully saturated rings. The Kier molecular flexibility index (Phi) is 4.34. The first-order valence-electron chi connectivity index (χ1n) is 5.71. The summed E-state index contributed by atoms with van der Waals surface area (Å²) in [7, 11) is 0. The standard InChI is InChI=1S/C13H16N4/c1-4-12(16-8-1)10-14-6-3-7-15-11-13-5-2-9-17-13/h1-2,4-5,8-11,16-17H,3,6-7H2/b14-10+,15-11+. The molecule has 2 heterocycles. The molecule has 2 aromatic rings. The highest BCUT2D eigenvalue weighted by Crippen LogP contribution is 1.92. The zero-order valence-corrected chi connectivity index (χ0v) is 9.63. The first-order valence-corrected chi connectivity index (χ1v) is 5.71. The van der Waals surface area contributed by atoms with Crippen molar-refractivity contribution in [1.29, 1.82) is 0 Å². The van der Waals surface area contributed by atoms with Crippen LogP contribution in [0.5, 0.6) is 0 Å². The summed E-state index contributed by atoms with van der Waals surface area (Å²) >= 11 is 0. The Bertz CT molecular complexity index is 407. The van der Waals surface area contributed by atoms with Crippen LogP contribution >= 0.6 is 0 Å². The third-order valence-electron chi connectivity index (χ3n) is 2.28. The number of aromatic nitrogens is 2. The maximum absolute atomic E-state index is 4.31. The van der Waals surface area contributed by atoms with Crippen molar-refractivity contribution in [2.24, 2.45) is 9.98 Å². The highest BCUT2D eigenvalue weighted by molar-refractivity contribution is 5.77. The maximum atomic E-state index is 4.31. The normalized spacial score (nSPS) is 11.8. The molecule has 2 rings (SSSR count). The van der Waals surface area contributed by atoms with Gasteiger partial charge in [0.25, 0.3) is 0 Å². The Morgan fingerprint density at radius 3 is 1.82 bits per heavy atom. The molecule has 0 atom stereocenters. The van der Waals surface area contributed by atoms with Crippen molar-refractivity contribution >= 4 is 12.4 Å². The second-order valence-corrected chi connectivity index (χ2v) is 3.68. The Balaban J connectivity index is 1.61. The molecule has 0 aliphatic carbocycles. The van der Waals surface area contributed by atoms with Crippen LogP contribution in [0, 0.1) is 0 Å². The second kappa shape index (κ2) is 6.48. The van der Waals surface area contributed by atoms with Gasteiger partial charge >= 0.3 is 0 Å². The van der Waals surface area contributed by atoms with Gasteiger partial charge in [0, 0.05) is 37.9 Å². The van der Waals surface area contributed by atoms with Gasteiger partial charge in [0.2, 0.25) is 0 Å². The monoisotopic (exact) mass is 228 g/mol. The van der Waals surface area contributed by atoms with Crippen molar-refractivity contribution in [2.75, 3.05) is 13.1 Å². The molecular weight excluding hydrogens is 212 g/mol. The van der Waals surface area contributed by atoms with Gasteiger partial charge in [-0.15, -0.1) is 0 Å². The Labute approximate surface area is 101 Å². The minimum Gasteiger partial charge on any atom is -0.360 e. The fourth-order valence-corrected chi connectivity index (χ4v) is 1.43. The predicted molar refractivity (Wildman–Crippen MR) is 71.1 cm³/mol. The van der Waals surface area contributed by atoms with E-state index in [-0.39, 0.29) is 0 Å². The van der Waals surface area contributed by atoms with Gasteiger partial charge in [-0.2, -0.15) is 0 Å². The molecule has 4 heteroatoms. The molecule has 0 radical (unpaired) electrons. The molecule has 4 nitrogen and oxygen atoms in total. The van der Waals surface area contributed by atoms with Crippen molar-refractivity contribution < 1.29 is 0 Å². The fraction of sp³-hybridized carbons (Fsp3) is 0.231. The van der Waals surface area contributed by atoms with Gasteiger partial charge in [0.1, 0.15) is 0 Å². The van der Waals surface area contributed by atoms with Gasteiger partial charge < -0.3 is 9.97 Å². The average Bonchev–Trinajstić information content (AvgIpc) is 3.00. The second-order valence-electron chi connectivity index (χ2n) is 3.68. The number of nitrogens with zero attached hydrogens (tertiary/aromatic N) is 2. The van der Waals surface area contributed by atoms with Crippen LogP contribution in [0.1, 0.15) is 17.8 Å². The molecule has 88 valence electrons. The van der Waals surface area contributed by atoms with E-state index in [4.69, 9.17) is 0 Å². The summed E-state index contributed by atoms with van der Waals surface area (Å²) in [6, 6.07) is 7.91. The van der Waals surface area contributed by atoms with Crippen LogP contribution in [0.3, 0.4) is 0 Å². The van der Waals surface area contributed by atoms with Gasteiger partial charge in [0.05, 0.1) is 11.4 Å². The maximum Gasteiger partial charge on any atom is 0.0561 e. The topological polar surface area (TPSA) is 56.3 Å². The minimum atomic E-state index is 0.807. The first kappa shape index (κ1) is 11.4. The number of aromatic amines is 2. The smallest absolute Gasteiger partial charge is 0.0561 e. The Morgan fingerprint density at radius 1 is 0.882 bits per heavy atom. The lowest BCUT2D eigenvalue weighted by molar-refractivity contribution is 0.850. The van der Waals surface area contributed by atoms with Gasteiger partial charge in [-0.25, -0.2) is 0 Å². The zero-order chi connectivity index (χ0) is 11.8. The summed E-state index contributed by atoms with van der Waals surface area (Å²) in [5.41, 5.74) is 2.08. The molecule has 2 aromatic heterocycles. The van der Waals surface area contributed by atoms with Crippen molar-refractivity contribution in [1.82, 2.24) is 9.97 Å². The third-order valence-corrected chi connectivity index (χ3v) is 2.28. The average molecular weight is 228 g/mol. The van der Waals surface area contributed by atoms with E-state index < -0.39 is 0 Å². The molecular formula is C13H16N4. The lowest BCUT2D eigenvalue weighted by Crippen LogP contribution is -1.89. The van der Waals surface area contributed by atoms with Gasteiger partial charge in [-0.05, 0) is 30.7 Å². The summed E-state index contributed by atoms with van der Waals surface area (Å²) in [6.45, 7) is 1.61. The first-order chi connectivity index (χ1) is 8.45. The van der Waals surface area contributed by atoms with Crippen LogP contribution in [0.15, 0.2) is 46.6 Å². The van der Waals surface area contributed by atoms with Crippen LogP contribution in [-0.2, 0) is 0 Å². The Morgan fingerprint density at radius 2 is 1.41 bits per heavy atom. The molecule has 0 unspecified atom stereocenters. The van der Waals surface area contributed by atoms with Crippen LogP contribution in [0.25, 0.3) is 0 Å². The van der Waals surface area contributed by atoms with Gasteiger partial charge in [-0.3, -0.25) is 9.98 Å². The van der Waals surface area contributed by atoms with Crippen LogP contribution in [0.2, 0.25) is 0 Å². The third kappa shape index (κ3) is 4.10. The molecule has 2 N–H and O–H groups in total. The zero-order valence-electron chi connectivity index (χ0n) is 9.63. The van der Waals surface area contributed by atoms with E-state index in [0.717, 1.165) is 30.9 Å². The highest BCUT2D eigenvalue weighted by atomic mass is 14.8. The molecule has 0 saturated carbocycles. The predicted octanol–water partition coefficient (Wildman–Crippen LogP) is 2.27. The quantitative estimate of drug-likeness (QED) is 0.563. The van der Waals surface area contributed by atoms with Crippen LogP contribution in [-0.4, -0.2) is 35.5 Å². The van der Waals surface area contributed by atoms with E-state index in [1.54, 1.807) is 0 Å². The minimum absolute atomic E-state index is 0.807. The molecule has 0 amide bonds. The number of rotatable bonds is 6. The number of aliphatic imine (C=N–C) groups is 2. The summed E-state index contributed by atoms with van der Waals surface area (Å²) < 4.78 is 0. The lowest BCUT2D eigenvalue weighted by Gasteiger charge is -1.91. The summed E-state index contributed by atoms with van der Waals surface area (Å²) in [6.07, 6.45) is 8.46. The van der Waals surface area contributed by atoms with E-state index >= 15 is 0 Å². The number of nitrogens with one attached hydrogen (secondary N) is 2.